The highest BCUT2D eigenvalue weighted by Gasteiger charge is 2.20. The quantitative estimate of drug-likeness (QED) is 0.306. The molecule has 158 valence electrons. The van der Waals surface area contributed by atoms with E-state index in [1.165, 1.54) is 29.4 Å². The van der Waals surface area contributed by atoms with Crippen molar-refractivity contribution in [3.63, 3.8) is 0 Å². The van der Waals surface area contributed by atoms with Crippen molar-refractivity contribution in [2.75, 3.05) is 11.9 Å². The molecule has 0 aliphatic carbocycles. The molecule has 1 aromatic carbocycles. The van der Waals surface area contributed by atoms with Gasteiger partial charge in [-0.1, -0.05) is 17.7 Å². The smallest absolute Gasteiger partial charge is 0.282 e. The highest BCUT2D eigenvalue weighted by molar-refractivity contribution is 7.09. The number of carbonyl (C=O) groups excluding carboxylic acids is 1. The van der Waals surface area contributed by atoms with Crippen molar-refractivity contribution in [1.29, 1.82) is 0 Å². The van der Waals surface area contributed by atoms with Crippen molar-refractivity contribution in [2.45, 2.75) is 13.1 Å². The molecule has 3 heterocycles. The van der Waals surface area contributed by atoms with Crippen molar-refractivity contribution < 1.29 is 9.72 Å². The molecule has 2 N–H and O–H groups in total. The summed E-state index contributed by atoms with van der Waals surface area (Å²) in [6.45, 7) is 1.16. The molecule has 0 aliphatic heterocycles. The first kappa shape index (κ1) is 20.7. The summed E-state index contributed by atoms with van der Waals surface area (Å²) in [6.07, 6.45) is 3.11. The van der Waals surface area contributed by atoms with Crippen LogP contribution in [0.5, 0.6) is 0 Å². The Balaban J connectivity index is 1.43. The van der Waals surface area contributed by atoms with Gasteiger partial charge in [0, 0.05) is 22.5 Å². The molecule has 0 saturated carbocycles. The number of rotatable bonds is 8. The van der Waals surface area contributed by atoms with E-state index in [2.05, 4.69) is 25.7 Å². The lowest BCUT2D eigenvalue weighted by atomic mass is 10.1. The van der Waals surface area contributed by atoms with Crippen LogP contribution < -0.4 is 10.6 Å². The number of nitro groups is 1. The summed E-state index contributed by atoms with van der Waals surface area (Å²) in [7, 11) is 0. The fraction of sp³-hybridized carbons (Fsp3) is 0.158. The second-order valence-corrected chi connectivity index (χ2v) is 7.90. The summed E-state index contributed by atoms with van der Waals surface area (Å²) in [6, 6.07) is 7.88. The number of thiophene rings is 1. The fourth-order valence-corrected chi connectivity index (χ4v) is 3.82. The predicted molar refractivity (Wildman–Crippen MR) is 117 cm³/mol. The van der Waals surface area contributed by atoms with Gasteiger partial charge in [-0.05, 0) is 23.6 Å². The molecule has 12 heteroatoms. The van der Waals surface area contributed by atoms with Crippen LogP contribution in [0.15, 0.2) is 48.2 Å². The van der Waals surface area contributed by atoms with Crippen LogP contribution in [0.25, 0.3) is 11.0 Å². The van der Waals surface area contributed by atoms with Gasteiger partial charge in [0.25, 0.3) is 11.6 Å². The molecular formula is C19H16ClN7O3S. The predicted octanol–water partition coefficient (Wildman–Crippen LogP) is 3.49. The number of nitrogens with zero attached hydrogens (tertiary/aromatic N) is 5. The van der Waals surface area contributed by atoms with Crippen molar-refractivity contribution in [3.8, 4) is 0 Å². The van der Waals surface area contributed by atoms with Crippen molar-refractivity contribution in [2.24, 2.45) is 0 Å². The van der Waals surface area contributed by atoms with Crippen molar-refractivity contribution in [3.05, 3.63) is 73.8 Å². The molecule has 1 amide bonds. The maximum Gasteiger partial charge on any atom is 0.282 e. The second-order valence-electron chi connectivity index (χ2n) is 6.43. The molecule has 0 saturated heterocycles. The first-order valence-electron chi connectivity index (χ1n) is 9.18. The topological polar surface area (TPSA) is 128 Å². The van der Waals surface area contributed by atoms with Crippen molar-refractivity contribution in [1.82, 2.24) is 25.1 Å². The lowest BCUT2D eigenvalue weighted by molar-refractivity contribution is -0.385. The Morgan fingerprint density at radius 3 is 2.94 bits per heavy atom. The minimum atomic E-state index is -0.617. The molecule has 0 bridgehead atoms. The number of fused-ring (bicyclic) bond motifs is 1. The van der Waals surface area contributed by atoms with Crippen LogP contribution in [-0.4, -0.2) is 37.1 Å². The Hall–Kier alpha value is -3.57. The zero-order valence-corrected chi connectivity index (χ0v) is 17.6. The van der Waals surface area contributed by atoms with E-state index >= 15 is 0 Å². The first-order valence-corrected chi connectivity index (χ1v) is 10.4. The monoisotopic (exact) mass is 457 g/mol. The Morgan fingerprint density at radius 1 is 1.29 bits per heavy atom. The van der Waals surface area contributed by atoms with E-state index in [0.29, 0.717) is 24.6 Å². The molecule has 0 unspecified atom stereocenters. The minimum Gasteiger partial charge on any atom is -0.364 e. The molecule has 0 spiro atoms. The van der Waals surface area contributed by atoms with Gasteiger partial charge in [0.15, 0.2) is 5.65 Å². The number of carbonyl (C=O) groups is 1. The normalized spacial score (nSPS) is 10.9. The number of halogens is 1. The van der Waals surface area contributed by atoms with E-state index in [1.54, 1.807) is 22.2 Å². The number of hydrogen-bond acceptors (Lipinski definition) is 8. The molecule has 3 aromatic heterocycles. The number of nitro benzene ring substituents is 1. The van der Waals surface area contributed by atoms with Gasteiger partial charge in [-0.3, -0.25) is 14.9 Å². The molecule has 4 aromatic rings. The van der Waals surface area contributed by atoms with Crippen LogP contribution >= 0.6 is 22.9 Å². The van der Waals surface area contributed by atoms with Crippen LogP contribution in [0.4, 0.5) is 11.5 Å². The zero-order valence-electron chi connectivity index (χ0n) is 16.0. The Kier molecular flexibility index (Phi) is 6.05. The third-order valence-corrected chi connectivity index (χ3v) is 5.56. The van der Waals surface area contributed by atoms with E-state index in [1.807, 2.05) is 17.5 Å². The Bertz CT molecular complexity index is 1240. The average Bonchev–Trinajstić information content (AvgIpc) is 3.42. The van der Waals surface area contributed by atoms with E-state index in [4.69, 9.17) is 11.6 Å². The standard InChI is InChI=1S/C19H16ClN7O3S/c20-12-3-4-16(27(29)30)14(8-12)19(28)21-5-6-26-18-15(10-25-26)17(23-11-24-18)22-9-13-2-1-7-31-13/h1-4,7-8,10-11H,5-6,9H2,(H,21,28)(H,22,23,24). The molecule has 0 aliphatic rings. The van der Waals surface area contributed by atoms with Crippen molar-refractivity contribution >= 4 is 51.4 Å². The molecular weight excluding hydrogens is 442 g/mol. The molecule has 4 rings (SSSR count). The van der Waals surface area contributed by atoms with Gasteiger partial charge in [-0.15, -0.1) is 11.3 Å². The number of aromatic nitrogens is 4. The van der Waals surface area contributed by atoms with E-state index in [9.17, 15) is 14.9 Å². The third kappa shape index (κ3) is 4.62. The van der Waals surface area contributed by atoms with Gasteiger partial charge < -0.3 is 10.6 Å². The summed E-state index contributed by atoms with van der Waals surface area (Å²) < 4.78 is 1.64. The van der Waals surface area contributed by atoms with E-state index in [-0.39, 0.29) is 22.8 Å². The van der Waals surface area contributed by atoms with Gasteiger partial charge in [-0.25, -0.2) is 14.6 Å². The van der Waals surface area contributed by atoms with E-state index in [0.717, 1.165) is 5.39 Å². The number of amides is 1. The summed E-state index contributed by atoms with van der Waals surface area (Å²) in [5.74, 6) is 0.0850. The number of nitrogens with one attached hydrogen (secondary N) is 2. The van der Waals surface area contributed by atoms with Crippen LogP contribution in [0, 0.1) is 10.1 Å². The molecule has 10 nitrogen and oxygen atoms in total. The highest BCUT2D eigenvalue weighted by Crippen LogP contribution is 2.23. The minimum absolute atomic E-state index is 0.0924. The number of benzene rings is 1. The summed E-state index contributed by atoms with van der Waals surface area (Å²) >= 11 is 7.53. The summed E-state index contributed by atoms with van der Waals surface area (Å²) in [5.41, 5.74) is 0.220. The SMILES string of the molecule is O=C(NCCn1ncc2c(NCc3cccs3)ncnc21)c1cc(Cl)ccc1[N+](=O)[O-]. The zero-order chi connectivity index (χ0) is 21.8. The Labute approximate surface area is 185 Å². The lowest BCUT2D eigenvalue weighted by Gasteiger charge is -2.08. The molecule has 0 atom stereocenters. The number of hydrogen-bond donors (Lipinski definition) is 2. The van der Waals surface area contributed by atoms with Crippen LogP contribution in [0.2, 0.25) is 5.02 Å². The highest BCUT2D eigenvalue weighted by atomic mass is 35.5. The maximum atomic E-state index is 12.4. The summed E-state index contributed by atoms with van der Waals surface area (Å²) in [5, 5.41) is 24.4. The largest absolute Gasteiger partial charge is 0.364 e. The lowest BCUT2D eigenvalue weighted by Crippen LogP contribution is -2.28. The van der Waals surface area contributed by atoms with Crippen LogP contribution in [0.3, 0.4) is 0 Å². The fourth-order valence-electron chi connectivity index (χ4n) is 3.00. The number of anilines is 1. The second kappa shape index (κ2) is 9.06. The molecule has 0 radical (unpaired) electrons. The van der Waals surface area contributed by atoms with E-state index < -0.39 is 10.8 Å². The first-order chi connectivity index (χ1) is 15.0. The van der Waals surface area contributed by atoms with Gasteiger partial charge in [0.05, 0.1) is 29.6 Å². The van der Waals surface area contributed by atoms with Gasteiger partial charge >= 0.3 is 0 Å². The molecule has 0 fully saturated rings. The van der Waals surface area contributed by atoms with Gasteiger partial charge in [-0.2, -0.15) is 5.10 Å². The van der Waals surface area contributed by atoms with Crippen LogP contribution in [-0.2, 0) is 13.1 Å². The summed E-state index contributed by atoms with van der Waals surface area (Å²) in [4.78, 5) is 32.7. The third-order valence-electron chi connectivity index (χ3n) is 4.45. The maximum absolute atomic E-state index is 12.4. The molecule has 31 heavy (non-hydrogen) atoms. The average molecular weight is 458 g/mol. The Morgan fingerprint density at radius 2 is 2.16 bits per heavy atom. The van der Waals surface area contributed by atoms with Gasteiger partial charge in [0.2, 0.25) is 0 Å². The van der Waals surface area contributed by atoms with Crippen LogP contribution in [0.1, 0.15) is 15.2 Å². The van der Waals surface area contributed by atoms with Gasteiger partial charge in [0.1, 0.15) is 17.7 Å².